The lowest BCUT2D eigenvalue weighted by molar-refractivity contribution is 0.0491. The number of hydrogen-bond donors (Lipinski definition) is 1. The number of aromatic nitrogens is 2. The Morgan fingerprint density at radius 2 is 1.74 bits per heavy atom. The Kier molecular flexibility index (Phi) is 8.80. The Hall–Kier alpha value is -5.10. The fourth-order valence-corrected chi connectivity index (χ4v) is 7.26. The van der Waals surface area contributed by atoms with Crippen molar-refractivity contribution in [3.63, 3.8) is 0 Å². The van der Waals surface area contributed by atoms with Crippen LogP contribution < -0.4 is 9.21 Å². The van der Waals surface area contributed by atoms with Crippen molar-refractivity contribution in [3.8, 4) is 0 Å². The van der Waals surface area contributed by atoms with Gasteiger partial charge in [0.1, 0.15) is 5.58 Å². The SMILES string of the molecule is CCOC(=O)c1oc2ccc(S(=O)(=O)N(CCc3ccccc3)c3ccccc3N3CCN(C(=O)c4ncc[nH]4)CC3)cc2c1C. The van der Waals surface area contributed by atoms with Gasteiger partial charge in [0.05, 0.1) is 22.9 Å². The number of nitrogens with one attached hydrogen (secondary N) is 1. The number of anilines is 2. The Balaban J connectivity index is 1.34. The van der Waals surface area contributed by atoms with Crippen LogP contribution in [0.4, 0.5) is 11.4 Å². The second-order valence-electron chi connectivity index (χ2n) is 11.0. The molecule has 0 radical (unpaired) electrons. The predicted octanol–water partition coefficient (Wildman–Crippen LogP) is 5.04. The van der Waals surface area contributed by atoms with Gasteiger partial charge in [-0.15, -0.1) is 0 Å². The van der Waals surface area contributed by atoms with E-state index in [2.05, 4.69) is 14.9 Å². The number of carbonyl (C=O) groups is 2. The zero-order chi connectivity index (χ0) is 32.3. The molecule has 0 aliphatic carbocycles. The minimum atomic E-state index is -4.10. The highest BCUT2D eigenvalue weighted by Gasteiger charge is 2.31. The summed E-state index contributed by atoms with van der Waals surface area (Å²) in [6.45, 7) is 5.78. The summed E-state index contributed by atoms with van der Waals surface area (Å²) in [5.41, 5.74) is 3.22. The molecule has 0 unspecified atom stereocenters. The van der Waals surface area contributed by atoms with Crippen molar-refractivity contribution < 1.29 is 27.2 Å². The number of furan rings is 1. The molecule has 5 aromatic rings. The minimum absolute atomic E-state index is 0.0577. The first-order chi connectivity index (χ1) is 22.3. The third-order valence-corrected chi connectivity index (χ3v) is 9.97. The summed E-state index contributed by atoms with van der Waals surface area (Å²) in [5.74, 6) is -0.403. The van der Waals surface area contributed by atoms with Gasteiger partial charge in [-0.2, -0.15) is 0 Å². The van der Waals surface area contributed by atoms with Gasteiger partial charge in [0.25, 0.3) is 15.9 Å². The summed E-state index contributed by atoms with van der Waals surface area (Å²) in [5, 5.41) is 0.526. The average molecular weight is 642 g/mol. The summed E-state index contributed by atoms with van der Waals surface area (Å²) in [6.07, 6.45) is 3.66. The van der Waals surface area contributed by atoms with Crippen LogP contribution in [-0.2, 0) is 21.2 Å². The third-order valence-electron chi connectivity index (χ3n) is 8.16. The van der Waals surface area contributed by atoms with Crippen LogP contribution in [0, 0.1) is 6.92 Å². The van der Waals surface area contributed by atoms with Gasteiger partial charge in [-0.25, -0.2) is 18.2 Å². The number of ether oxygens (including phenoxy) is 1. The summed E-state index contributed by atoms with van der Waals surface area (Å²) >= 11 is 0. The number of esters is 1. The molecular weight excluding hydrogens is 606 g/mol. The van der Waals surface area contributed by atoms with Crippen molar-refractivity contribution in [1.82, 2.24) is 14.9 Å². The molecule has 1 amide bonds. The summed E-state index contributed by atoms with van der Waals surface area (Å²) in [6, 6.07) is 21.8. The molecule has 3 heterocycles. The van der Waals surface area contributed by atoms with Crippen molar-refractivity contribution >= 4 is 44.2 Å². The van der Waals surface area contributed by atoms with Gasteiger partial charge in [0, 0.05) is 56.1 Å². The number of hydrogen-bond acceptors (Lipinski definition) is 8. The molecule has 0 spiro atoms. The van der Waals surface area contributed by atoms with Crippen LogP contribution in [0.15, 0.2) is 94.5 Å². The zero-order valence-corrected chi connectivity index (χ0v) is 26.5. The Morgan fingerprint density at radius 3 is 2.46 bits per heavy atom. The van der Waals surface area contributed by atoms with Crippen LogP contribution in [0.25, 0.3) is 11.0 Å². The number of nitrogens with zero attached hydrogens (tertiary/aromatic N) is 4. The van der Waals surface area contributed by atoms with Gasteiger partial charge >= 0.3 is 5.97 Å². The normalized spacial score (nSPS) is 13.6. The van der Waals surface area contributed by atoms with Gasteiger partial charge < -0.3 is 23.9 Å². The molecule has 0 saturated carbocycles. The third kappa shape index (κ3) is 6.08. The molecule has 0 atom stereocenters. The van der Waals surface area contributed by atoms with Crippen LogP contribution in [0.3, 0.4) is 0 Å². The van der Waals surface area contributed by atoms with Crippen LogP contribution in [0.1, 0.15) is 39.2 Å². The molecule has 0 bridgehead atoms. The van der Waals surface area contributed by atoms with E-state index in [1.807, 2.05) is 54.6 Å². The fraction of sp³-hybridized carbons (Fsp3) is 0.265. The van der Waals surface area contributed by atoms with Crippen molar-refractivity contribution in [2.45, 2.75) is 25.2 Å². The zero-order valence-electron chi connectivity index (χ0n) is 25.7. The molecule has 46 heavy (non-hydrogen) atoms. The van der Waals surface area contributed by atoms with Crippen molar-refractivity contribution in [2.24, 2.45) is 0 Å². The van der Waals surface area contributed by atoms with Gasteiger partial charge in [-0.05, 0) is 56.2 Å². The summed E-state index contributed by atoms with van der Waals surface area (Å²) in [4.78, 5) is 36.2. The van der Waals surface area contributed by atoms with E-state index in [1.165, 1.54) is 10.4 Å². The number of H-pyrrole nitrogens is 1. The molecular formula is C34H35N5O6S. The van der Waals surface area contributed by atoms with E-state index >= 15 is 0 Å². The van der Waals surface area contributed by atoms with Crippen LogP contribution in [0.2, 0.25) is 0 Å². The summed E-state index contributed by atoms with van der Waals surface area (Å²) < 4.78 is 41.5. The lowest BCUT2D eigenvalue weighted by atomic mass is 10.1. The number of amides is 1. The topological polar surface area (TPSA) is 129 Å². The highest BCUT2D eigenvalue weighted by molar-refractivity contribution is 7.92. The number of aromatic amines is 1. The number of aryl methyl sites for hydroxylation is 1. The van der Waals surface area contributed by atoms with Crippen LogP contribution in [-0.4, -0.2) is 74.5 Å². The maximum absolute atomic E-state index is 14.6. The van der Waals surface area contributed by atoms with Gasteiger partial charge in [0.15, 0.2) is 5.82 Å². The monoisotopic (exact) mass is 641 g/mol. The first-order valence-electron chi connectivity index (χ1n) is 15.2. The number of rotatable bonds is 10. The molecule has 3 aromatic carbocycles. The fourth-order valence-electron chi connectivity index (χ4n) is 5.75. The second-order valence-corrected chi connectivity index (χ2v) is 12.8. The van der Waals surface area contributed by atoms with Crippen LogP contribution in [0.5, 0.6) is 0 Å². The van der Waals surface area contributed by atoms with Crippen molar-refractivity contribution in [3.05, 3.63) is 108 Å². The predicted molar refractivity (Wildman–Crippen MR) is 175 cm³/mol. The molecule has 2 aromatic heterocycles. The number of imidazole rings is 1. The number of benzene rings is 3. The Morgan fingerprint density at radius 1 is 1.00 bits per heavy atom. The van der Waals surface area contributed by atoms with E-state index < -0.39 is 16.0 Å². The number of sulfonamides is 1. The molecule has 6 rings (SSSR count). The van der Waals surface area contributed by atoms with Gasteiger partial charge in [0.2, 0.25) is 5.76 Å². The molecule has 238 valence electrons. The molecule has 1 saturated heterocycles. The average Bonchev–Trinajstić information content (AvgIpc) is 3.74. The lowest BCUT2D eigenvalue weighted by Crippen LogP contribution is -2.49. The van der Waals surface area contributed by atoms with E-state index in [9.17, 15) is 18.0 Å². The van der Waals surface area contributed by atoms with Crippen molar-refractivity contribution in [2.75, 3.05) is 48.5 Å². The number of fused-ring (bicyclic) bond motifs is 1. The highest BCUT2D eigenvalue weighted by atomic mass is 32.2. The molecule has 1 aliphatic heterocycles. The van der Waals surface area contributed by atoms with E-state index in [1.54, 1.807) is 43.3 Å². The van der Waals surface area contributed by atoms with E-state index in [0.717, 1.165) is 11.3 Å². The Labute approximate surface area is 267 Å². The number of piperazine rings is 1. The van der Waals surface area contributed by atoms with E-state index in [0.29, 0.717) is 60.6 Å². The molecule has 11 nitrogen and oxygen atoms in total. The smallest absolute Gasteiger partial charge is 0.374 e. The molecule has 1 fully saturated rings. The first kappa shape index (κ1) is 30.9. The standard InChI is InChI=1S/C34H35N5O6S/c1-3-44-34(41)31-24(2)27-23-26(13-14-30(27)45-31)46(42,43)39(18-15-25-9-5-4-6-10-25)29-12-8-7-11-28(29)37-19-21-38(22-20-37)33(40)32-35-16-17-36-32/h4-14,16-17,23H,3,15,18-22H2,1-2H3,(H,35,36). The van der Waals surface area contributed by atoms with Crippen molar-refractivity contribution in [1.29, 1.82) is 0 Å². The lowest BCUT2D eigenvalue weighted by Gasteiger charge is -2.38. The van der Waals surface area contributed by atoms with Gasteiger partial charge in [-0.3, -0.25) is 9.10 Å². The number of para-hydroxylation sites is 2. The quantitative estimate of drug-likeness (QED) is 0.210. The molecule has 1 aliphatic rings. The van der Waals surface area contributed by atoms with Crippen LogP contribution >= 0.6 is 0 Å². The molecule has 12 heteroatoms. The maximum Gasteiger partial charge on any atom is 0.374 e. The largest absolute Gasteiger partial charge is 0.460 e. The maximum atomic E-state index is 14.6. The van der Waals surface area contributed by atoms with E-state index in [4.69, 9.17) is 9.15 Å². The molecule has 1 N–H and O–H groups in total. The highest BCUT2D eigenvalue weighted by Crippen LogP contribution is 2.36. The minimum Gasteiger partial charge on any atom is -0.460 e. The Bertz CT molecular complexity index is 1950. The summed E-state index contributed by atoms with van der Waals surface area (Å²) in [7, 11) is -4.10. The number of carbonyl (C=O) groups excluding carboxylic acids is 2. The van der Waals surface area contributed by atoms with E-state index in [-0.39, 0.29) is 29.7 Å². The first-order valence-corrected chi connectivity index (χ1v) is 16.6. The van der Waals surface area contributed by atoms with Gasteiger partial charge in [-0.1, -0.05) is 42.5 Å². The second kappa shape index (κ2) is 13.1.